The zero-order valence-corrected chi connectivity index (χ0v) is 12.4. The van der Waals surface area contributed by atoms with Crippen LogP contribution < -0.4 is 0 Å². The van der Waals surface area contributed by atoms with Gasteiger partial charge in [0, 0.05) is 18.3 Å². The first-order chi connectivity index (χ1) is 9.09. The Bertz CT molecular complexity index is 505. The maximum absolute atomic E-state index is 6.60. The van der Waals surface area contributed by atoms with Gasteiger partial charge in [0.15, 0.2) is 0 Å². The standard InChI is InChI=1S/C17H20ClN/c1-12(2)14-4-6-16(7-5-14)17(18)13(3)15-8-10-19-11-9-15/h4-13,17H,1-3H3. The van der Waals surface area contributed by atoms with E-state index >= 15 is 0 Å². The summed E-state index contributed by atoms with van der Waals surface area (Å²) in [6.07, 6.45) is 3.63. The minimum Gasteiger partial charge on any atom is -0.265 e. The molecule has 0 spiro atoms. The Labute approximate surface area is 120 Å². The summed E-state index contributed by atoms with van der Waals surface area (Å²) in [5.41, 5.74) is 3.75. The predicted molar refractivity (Wildman–Crippen MR) is 81.8 cm³/mol. The summed E-state index contributed by atoms with van der Waals surface area (Å²) < 4.78 is 0. The SMILES string of the molecule is CC(C)c1ccc(C(Cl)C(C)c2ccncc2)cc1. The average Bonchev–Trinajstić information content (AvgIpc) is 2.46. The largest absolute Gasteiger partial charge is 0.265 e. The lowest BCUT2D eigenvalue weighted by molar-refractivity contribution is 0.729. The van der Waals surface area contributed by atoms with Crippen LogP contribution in [0.3, 0.4) is 0 Å². The number of hydrogen-bond donors (Lipinski definition) is 0. The first-order valence-corrected chi connectivity index (χ1v) is 7.17. The van der Waals surface area contributed by atoms with E-state index < -0.39 is 0 Å². The quantitative estimate of drug-likeness (QED) is 0.690. The summed E-state index contributed by atoms with van der Waals surface area (Å²) in [5.74, 6) is 0.829. The van der Waals surface area contributed by atoms with Crippen LogP contribution in [0.15, 0.2) is 48.8 Å². The van der Waals surface area contributed by atoms with Gasteiger partial charge >= 0.3 is 0 Å². The molecule has 0 aliphatic rings. The highest BCUT2D eigenvalue weighted by molar-refractivity contribution is 6.21. The molecule has 100 valence electrons. The van der Waals surface area contributed by atoms with Gasteiger partial charge in [0.2, 0.25) is 0 Å². The zero-order chi connectivity index (χ0) is 13.8. The summed E-state index contributed by atoms with van der Waals surface area (Å²) in [4.78, 5) is 4.05. The molecule has 2 unspecified atom stereocenters. The molecule has 2 rings (SSSR count). The molecule has 0 radical (unpaired) electrons. The van der Waals surface area contributed by atoms with Crippen LogP contribution in [0.2, 0.25) is 0 Å². The number of alkyl halides is 1. The van der Waals surface area contributed by atoms with E-state index in [1.807, 2.05) is 24.5 Å². The van der Waals surface area contributed by atoms with Crippen molar-refractivity contribution in [2.24, 2.45) is 0 Å². The van der Waals surface area contributed by atoms with Crippen LogP contribution in [0, 0.1) is 0 Å². The number of benzene rings is 1. The van der Waals surface area contributed by atoms with Crippen molar-refractivity contribution in [2.75, 3.05) is 0 Å². The molecule has 0 bridgehead atoms. The third-order valence-corrected chi connectivity index (χ3v) is 4.22. The molecule has 0 saturated carbocycles. The number of nitrogens with zero attached hydrogens (tertiary/aromatic N) is 1. The van der Waals surface area contributed by atoms with E-state index in [4.69, 9.17) is 11.6 Å². The molecule has 2 aromatic rings. The Morgan fingerprint density at radius 2 is 1.32 bits per heavy atom. The maximum Gasteiger partial charge on any atom is 0.0651 e. The number of halogens is 1. The van der Waals surface area contributed by atoms with E-state index in [1.54, 1.807) is 0 Å². The van der Waals surface area contributed by atoms with Crippen LogP contribution in [0.5, 0.6) is 0 Å². The summed E-state index contributed by atoms with van der Waals surface area (Å²) in [7, 11) is 0. The third kappa shape index (κ3) is 3.36. The Balaban J connectivity index is 2.17. The lowest BCUT2D eigenvalue weighted by Crippen LogP contribution is -2.03. The molecule has 0 N–H and O–H groups in total. The first kappa shape index (κ1) is 14.1. The van der Waals surface area contributed by atoms with E-state index in [0.29, 0.717) is 5.92 Å². The molecule has 0 aliphatic heterocycles. The fraction of sp³-hybridized carbons (Fsp3) is 0.353. The molecule has 1 aromatic carbocycles. The van der Waals surface area contributed by atoms with E-state index in [9.17, 15) is 0 Å². The van der Waals surface area contributed by atoms with Crippen LogP contribution >= 0.6 is 11.6 Å². The van der Waals surface area contributed by atoms with Crippen molar-refractivity contribution in [1.29, 1.82) is 0 Å². The van der Waals surface area contributed by atoms with Gasteiger partial charge in [-0.15, -0.1) is 11.6 Å². The van der Waals surface area contributed by atoms with E-state index in [1.165, 1.54) is 16.7 Å². The highest BCUT2D eigenvalue weighted by Gasteiger charge is 2.18. The second-order valence-electron chi connectivity index (χ2n) is 5.29. The molecular weight excluding hydrogens is 254 g/mol. The van der Waals surface area contributed by atoms with Crippen molar-refractivity contribution in [1.82, 2.24) is 4.98 Å². The van der Waals surface area contributed by atoms with Crippen molar-refractivity contribution >= 4 is 11.6 Å². The van der Waals surface area contributed by atoms with Gasteiger partial charge < -0.3 is 0 Å². The molecule has 0 fully saturated rings. The summed E-state index contributed by atoms with van der Waals surface area (Å²) >= 11 is 6.60. The molecule has 19 heavy (non-hydrogen) atoms. The van der Waals surface area contributed by atoms with Gasteiger partial charge in [0.25, 0.3) is 0 Å². The van der Waals surface area contributed by atoms with Gasteiger partial charge in [-0.1, -0.05) is 45.0 Å². The molecule has 2 atom stereocenters. The van der Waals surface area contributed by atoms with Gasteiger partial charge in [-0.2, -0.15) is 0 Å². The predicted octanol–water partition coefficient (Wildman–Crippen LogP) is 5.29. The van der Waals surface area contributed by atoms with Crippen LogP contribution in [-0.2, 0) is 0 Å². The van der Waals surface area contributed by atoms with Crippen LogP contribution in [0.1, 0.15) is 54.7 Å². The van der Waals surface area contributed by atoms with Crippen molar-refractivity contribution < 1.29 is 0 Å². The smallest absolute Gasteiger partial charge is 0.0651 e. The van der Waals surface area contributed by atoms with Crippen molar-refractivity contribution in [3.63, 3.8) is 0 Å². The van der Waals surface area contributed by atoms with Crippen LogP contribution in [0.4, 0.5) is 0 Å². The third-order valence-electron chi connectivity index (χ3n) is 3.59. The van der Waals surface area contributed by atoms with Gasteiger partial charge in [-0.25, -0.2) is 0 Å². The second kappa shape index (κ2) is 6.21. The van der Waals surface area contributed by atoms with E-state index in [0.717, 1.165) is 0 Å². The Kier molecular flexibility index (Phi) is 4.60. The number of rotatable bonds is 4. The fourth-order valence-corrected chi connectivity index (χ4v) is 2.48. The number of aromatic nitrogens is 1. The summed E-state index contributed by atoms with van der Waals surface area (Å²) in [6.45, 7) is 6.56. The van der Waals surface area contributed by atoms with Gasteiger partial charge in [0.05, 0.1) is 5.38 Å². The number of hydrogen-bond acceptors (Lipinski definition) is 1. The molecule has 1 aromatic heterocycles. The van der Waals surface area contributed by atoms with E-state index in [-0.39, 0.29) is 11.3 Å². The molecular formula is C17H20ClN. The topological polar surface area (TPSA) is 12.9 Å². The van der Waals surface area contributed by atoms with E-state index in [2.05, 4.69) is 50.0 Å². The average molecular weight is 274 g/mol. The molecule has 0 saturated heterocycles. The molecule has 1 nitrogen and oxygen atoms in total. The van der Waals surface area contributed by atoms with Crippen LogP contribution in [0.25, 0.3) is 0 Å². The van der Waals surface area contributed by atoms with Gasteiger partial charge in [-0.05, 0) is 34.7 Å². The normalized spacial score (nSPS) is 14.4. The summed E-state index contributed by atoms with van der Waals surface area (Å²) in [6, 6.07) is 12.7. The number of pyridine rings is 1. The van der Waals surface area contributed by atoms with Gasteiger partial charge in [0.1, 0.15) is 0 Å². The lowest BCUT2D eigenvalue weighted by atomic mass is 9.92. The molecule has 1 heterocycles. The minimum atomic E-state index is -0.0105. The molecule has 2 heteroatoms. The molecule has 0 aliphatic carbocycles. The zero-order valence-electron chi connectivity index (χ0n) is 11.7. The van der Waals surface area contributed by atoms with Crippen LogP contribution in [-0.4, -0.2) is 4.98 Å². The lowest BCUT2D eigenvalue weighted by Gasteiger charge is -2.19. The Morgan fingerprint density at radius 3 is 1.84 bits per heavy atom. The van der Waals surface area contributed by atoms with Crippen molar-refractivity contribution in [2.45, 2.75) is 38.0 Å². The Hall–Kier alpha value is -1.34. The molecule has 0 amide bonds. The highest BCUT2D eigenvalue weighted by atomic mass is 35.5. The maximum atomic E-state index is 6.60. The highest BCUT2D eigenvalue weighted by Crippen LogP contribution is 2.36. The fourth-order valence-electron chi connectivity index (χ4n) is 2.19. The second-order valence-corrected chi connectivity index (χ2v) is 5.76. The van der Waals surface area contributed by atoms with Crippen molar-refractivity contribution in [3.8, 4) is 0 Å². The monoisotopic (exact) mass is 273 g/mol. The first-order valence-electron chi connectivity index (χ1n) is 6.73. The summed E-state index contributed by atoms with van der Waals surface area (Å²) in [5, 5.41) is -0.0105. The van der Waals surface area contributed by atoms with Crippen molar-refractivity contribution in [3.05, 3.63) is 65.5 Å². The van der Waals surface area contributed by atoms with Gasteiger partial charge in [-0.3, -0.25) is 4.98 Å². The Morgan fingerprint density at radius 1 is 0.789 bits per heavy atom. The minimum absolute atomic E-state index is 0.0105.